The summed E-state index contributed by atoms with van der Waals surface area (Å²) in [5.41, 5.74) is 5.87. The highest BCUT2D eigenvalue weighted by Crippen LogP contribution is 2.22. The average Bonchev–Trinajstić information content (AvgIpc) is 2.45. The Morgan fingerprint density at radius 3 is 2.19 bits per heavy atom. The smallest absolute Gasteiger partial charge is 0.0316 e. The summed E-state index contributed by atoms with van der Waals surface area (Å²) in [4.78, 5) is 0. The highest BCUT2D eigenvalue weighted by atomic mass is 14.2. The van der Waals surface area contributed by atoms with E-state index in [0.717, 1.165) is 12.0 Å². The maximum atomic E-state index is 8.42. The lowest BCUT2D eigenvalue weighted by atomic mass is 9.86. The van der Waals surface area contributed by atoms with E-state index in [-0.39, 0.29) is 5.41 Å². The lowest BCUT2D eigenvalue weighted by Gasteiger charge is -2.19. The van der Waals surface area contributed by atoms with E-state index in [2.05, 4.69) is 65.0 Å². The molecule has 0 aliphatic rings. The molecule has 0 radical (unpaired) electrons. The van der Waals surface area contributed by atoms with E-state index in [1.165, 1.54) is 22.3 Å². The molecule has 2 rings (SSSR count). The normalized spacial score (nSPS) is 13.8. The third kappa shape index (κ3) is 4.46. The molecular weight excluding hydrogens is 252 g/mol. The van der Waals surface area contributed by atoms with Crippen molar-refractivity contribution in [2.45, 2.75) is 59.2 Å². The molecule has 0 spiro atoms. The summed E-state index contributed by atoms with van der Waals surface area (Å²) in [7, 11) is 0. The van der Waals surface area contributed by atoms with Crippen molar-refractivity contribution < 1.29 is 2.74 Å². The van der Waals surface area contributed by atoms with Crippen LogP contribution in [0.1, 0.15) is 57.8 Å². The zero-order chi connectivity index (χ0) is 17.3. The van der Waals surface area contributed by atoms with Crippen LogP contribution in [0.15, 0.2) is 42.5 Å². The van der Waals surface area contributed by atoms with Gasteiger partial charge in [-0.2, -0.15) is 0 Å². The maximum absolute atomic E-state index is 8.42. The summed E-state index contributed by atoms with van der Waals surface area (Å²) in [6, 6.07) is 14.4. The summed E-state index contributed by atoms with van der Waals surface area (Å²) in [6.45, 7) is 10.7. The first-order valence-electron chi connectivity index (χ1n) is 8.77. The highest BCUT2D eigenvalue weighted by molar-refractivity contribution is 5.31. The van der Waals surface area contributed by atoms with E-state index < -0.39 is 6.37 Å². The lowest BCUT2D eigenvalue weighted by Crippen LogP contribution is -2.10. The fourth-order valence-electron chi connectivity index (χ4n) is 2.56. The second-order valence-electron chi connectivity index (χ2n) is 6.93. The molecule has 0 saturated carbocycles. The number of hydrogen-bond donors (Lipinski definition) is 0. The number of aryl methyl sites for hydroxylation is 4. The van der Waals surface area contributed by atoms with Gasteiger partial charge in [-0.25, -0.2) is 0 Å². The van der Waals surface area contributed by atoms with Crippen LogP contribution in [0.25, 0.3) is 0 Å². The molecule has 0 heteroatoms. The first-order chi connectivity index (χ1) is 10.6. The van der Waals surface area contributed by atoms with Gasteiger partial charge < -0.3 is 0 Å². The molecule has 0 atom stereocenters. The van der Waals surface area contributed by atoms with E-state index in [9.17, 15) is 0 Å². The molecule has 2 aromatic rings. The molecule has 0 nitrogen and oxygen atoms in total. The molecular formula is C21H28. The molecule has 0 amide bonds. The minimum atomic E-state index is -1.30. The molecule has 2 aromatic carbocycles. The van der Waals surface area contributed by atoms with Crippen molar-refractivity contribution in [3.63, 3.8) is 0 Å². The van der Waals surface area contributed by atoms with Crippen LogP contribution in [0.3, 0.4) is 0 Å². The van der Waals surface area contributed by atoms with Crippen molar-refractivity contribution >= 4 is 0 Å². The Kier molecular flexibility index (Phi) is 4.05. The van der Waals surface area contributed by atoms with Crippen molar-refractivity contribution in [1.29, 1.82) is 0 Å². The molecule has 0 saturated heterocycles. The first-order valence-corrected chi connectivity index (χ1v) is 7.77. The van der Waals surface area contributed by atoms with E-state index in [1.54, 1.807) is 0 Å². The van der Waals surface area contributed by atoms with Crippen LogP contribution in [0.2, 0.25) is 0 Å². The Balaban J connectivity index is 2.12. The predicted octanol–water partition coefficient (Wildman–Crippen LogP) is 5.78. The quantitative estimate of drug-likeness (QED) is 0.667. The minimum absolute atomic E-state index is 0.101. The van der Waals surface area contributed by atoms with Crippen LogP contribution in [-0.4, -0.2) is 0 Å². The van der Waals surface area contributed by atoms with Gasteiger partial charge in [-0.1, -0.05) is 68.8 Å². The van der Waals surface area contributed by atoms with Crippen LogP contribution >= 0.6 is 0 Å². The van der Waals surface area contributed by atoms with Crippen molar-refractivity contribution in [2.75, 3.05) is 0 Å². The Bertz CT molecular complexity index is 661. The minimum Gasteiger partial charge on any atom is -0.0590 e. The van der Waals surface area contributed by atoms with Crippen molar-refractivity contribution in [3.05, 3.63) is 70.3 Å². The van der Waals surface area contributed by atoms with Crippen LogP contribution in [0, 0.1) is 13.8 Å². The molecule has 112 valence electrons. The van der Waals surface area contributed by atoms with E-state index in [0.29, 0.717) is 6.42 Å². The fraction of sp³-hybridized carbons (Fsp3) is 0.429. The lowest BCUT2D eigenvalue weighted by molar-refractivity contribution is 0.590. The standard InChI is InChI=1S/C21H28/c1-16-9-12-19(17(2)15-16)8-6-7-18-10-13-20(14-11-18)21(3,4)5/h9-15H,6-8H2,1-5H3/i7D2. The van der Waals surface area contributed by atoms with E-state index >= 15 is 0 Å². The monoisotopic (exact) mass is 282 g/mol. The molecule has 0 aromatic heterocycles. The van der Waals surface area contributed by atoms with Crippen molar-refractivity contribution in [3.8, 4) is 0 Å². The zero-order valence-electron chi connectivity index (χ0n) is 16.0. The Hall–Kier alpha value is -1.56. The first kappa shape index (κ1) is 13.1. The fourth-order valence-corrected chi connectivity index (χ4v) is 2.56. The zero-order valence-corrected chi connectivity index (χ0v) is 14.0. The molecule has 0 fully saturated rings. The largest absolute Gasteiger partial charge is 0.0590 e. The van der Waals surface area contributed by atoms with Gasteiger partial charge in [0.1, 0.15) is 0 Å². The summed E-state index contributed by atoms with van der Waals surface area (Å²) in [6.07, 6.45) is -0.0281. The second-order valence-corrected chi connectivity index (χ2v) is 6.93. The predicted molar refractivity (Wildman–Crippen MR) is 93.1 cm³/mol. The summed E-state index contributed by atoms with van der Waals surface area (Å²) in [5.74, 6) is 0. The van der Waals surface area contributed by atoms with Gasteiger partial charge in [0, 0.05) is 2.74 Å². The van der Waals surface area contributed by atoms with Crippen LogP contribution in [0.5, 0.6) is 0 Å². The second kappa shape index (κ2) is 6.47. The van der Waals surface area contributed by atoms with Gasteiger partial charge in [-0.15, -0.1) is 0 Å². The van der Waals surface area contributed by atoms with Crippen LogP contribution in [-0.2, 0) is 18.2 Å². The van der Waals surface area contributed by atoms with E-state index in [4.69, 9.17) is 2.74 Å². The molecule has 21 heavy (non-hydrogen) atoms. The van der Waals surface area contributed by atoms with Gasteiger partial charge in [-0.3, -0.25) is 0 Å². The number of rotatable bonds is 4. The van der Waals surface area contributed by atoms with Crippen molar-refractivity contribution in [1.82, 2.24) is 0 Å². The molecule has 0 N–H and O–H groups in total. The Morgan fingerprint density at radius 1 is 0.952 bits per heavy atom. The third-order valence-electron chi connectivity index (χ3n) is 3.97. The average molecular weight is 282 g/mol. The topological polar surface area (TPSA) is 0 Å². The van der Waals surface area contributed by atoms with Crippen molar-refractivity contribution in [2.24, 2.45) is 0 Å². The summed E-state index contributed by atoms with van der Waals surface area (Å²) >= 11 is 0. The van der Waals surface area contributed by atoms with E-state index in [1.807, 2.05) is 12.1 Å². The third-order valence-corrected chi connectivity index (χ3v) is 3.97. The van der Waals surface area contributed by atoms with Gasteiger partial charge in [0.25, 0.3) is 0 Å². The SMILES string of the molecule is [2H]C([2H])(CCc1ccc(C)cc1C)c1ccc(C(C)(C)C)cc1. The Labute approximate surface area is 133 Å². The van der Waals surface area contributed by atoms with Gasteiger partial charge in [0.05, 0.1) is 0 Å². The summed E-state index contributed by atoms with van der Waals surface area (Å²) in [5, 5.41) is 0. The maximum Gasteiger partial charge on any atom is 0.0316 e. The molecule has 0 heterocycles. The number of benzene rings is 2. The molecule has 0 aliphatic heterocycles. The van der Waals surface area contributed by atoms with Gasteiger partial charge in [0.15, 0.2) is 0 Å². The molecule has 0 aliphatic carbocycles. The van der Waals surface area contributed by atoms with Gasteiger partial charge in [-0.05, 0) is 60.7 Å². The highest BCUT2D eigenvalue weighted by Gasteiger charge is 2.12. The van der Waals surface area contributed by atoms with Crippen LogP contribution < -0.4 is 0 Å². The Morgan fingerprint density at radius 2 is 1.62 bits per heavy atom. The van der Waals surface area contributed by atoms with Crippen LogP contribution in [0.4, 0.5) is 0 Å². The van der Waals surface area contributed by atoms with Gasteiger partial charge >= 0.3 is 0 Å². The number of hydrogen-bond acceptors (Lipinski definition) is 0. The summed E-state index contributed by atoms with van der Waals surface area (Å²) < 4.78 is 16.8. The molecule has 0 unspecified atom stereocenters. The molecule has 0 bridgehead atoms. The van der Waals surface area contributed by atoms with Gasteiger partial charge in [0.2, 0.25) is 0 Å².